The lowest BCUT2D eigenvalue weighted by atomic mass is 10.3. The highest BCUT2D eigenvalue weighted by Crippen LogP contribution is 2.20. The summed E-state index contributed by atoms with van der Waals surface area (Å²) < 4.78 is 3.94. The van der Waals surface area contributed by atoms with Gasteiger partial charge in [-0.1, -0.05) is 12.1 Å². The van der Waals surface area contributed by atoms with Crippen LogP contribution in [-0.2, 0) is 17.9 Å². The first kappa shape index (κ1) is 16.2. The maximum Gasteiger partial charge on any atom is 0.222 e. The molecule has 1 unspecified atom stereocenters. The summed E-state index contributed by atoms with van der Waals surface area (Å²) in [6, 6.07) is 7.91. The van der Waals surface area contributed by atoms with E-state index < -0.39 is 0 Å². The molecule has 3 aromatic rings. The summed E-state index contributed by atoms with van der Waals surface area (Å²) in [6.07, 6.45) is 4.13. The van der Waals surface area contributed by atoms with Crippen LogP contribution >= 0.6 is 0 Å². The molecule has 6 heteroatoms. The Balaban J connectivity index is 1.68. The van der Waals surface area contributed by atoms with Crippen LogP contribution < -0.4 is 5.32 Å². The summed E-state index contributed by atoms with van der Waals surface area (Å²) in [6.45, 7) is 7.45. The van der Waals surface area contributed by atoms with Crippen molar-refractivity contribution in [3.05, 3.63) is 48.0 Å². The molecular weight excluding hydrogens is 302 g/mol. The van der Waals surface area contributed by atoms with Crippen molar-refractivity contribution in [3.63, 3.8) is 0 Å². The van der Waals surface area contributed by atoms with E-state index in [0.717, 1.165) is 29.0 Å². The van der Waals surface area contributed by atoms with Crippen molar-refractivity contribution in [2.24, 2.45) is 0 Å². The minimum absolute atomic E-state index is 0.00497. The number of carbonyl (C=O) groups excluding carboxylic acids is 1. The highest BCUT2D eigenvalue weighted by atomic mass is 16.1. The lowest BCUT2D eigenvalue weighted by Crippen LogP contribution is -2.29. The molecule has 1 N–H and O–H groups in total. The Labute approximate surface area is 141 Å². The molecule has 0 saturated carbocycles. The van der Waals surface area contributed by atoms with Gasteiger partial charge >= 0.3 is 0 Å². The number of rotatable bonds is 6. The second-order valence-corrected chi connectivity index (χ2v) is 6.02. The number of amides is 1. The Morgan fingerprint density at radius 2 is 2.12 bits per heavy atom. The van der Waals surface area contributed by atoms with Crippen molar-refractivity contribution < 1.29 is 4.79 Å². The summed E-state index contributed by atoms with van der Waals surface area (Å²) in [4.78, 5) is 16.9. The molecule has 2 aromatic heterocycles. The maximum absolute atomic E-state index is 12.2. The molecule has 1 atom stereocenters. The third kappa shape index (κ3) is 3.32. The van der Waals surface area contributed by atoms with Crippen LogP contribution in [0.1, 0.15) is 37.7 Å². The fourth-order valence-electron chi connectivity index (χ4n) is 2.94. The maximum atomic E-state index is 12.2. The summed E-state index contributed by atoms with van der Waals surface area (Å²) in [7, 11) is 0. The molecule has 0 saturated heterocycles. The van der Waals surface area contributed by atoms with Crippen LogP contribution in [0.5, 0.6) is 0 Å². The van der Waals surface area contributed by atoms with Crippen LogP contribution in [0.25, 0.3) is 11.0 Å². The Bertz CT molecular complexity index is 848. The second kappa shape index (κ2) is 6.86. The molecule has 0 spiro atoms. The van der Waals surface area contributed by atoms with Crippen LogP contribution in [0.2, 0.25) is 0 Å². The highest BCUT2D eigenvalue weighted by Gasteiger charge is 2.17. The molecule has 3 rings (SSSR count). The summed E-state index contributed by atoms with van der Waals surface area (Å²) >= 11 is 0. The largest absolute Gasteiger partial charge is 0.346 e. The van der Waals surface area contributed by atoms with Gasteiger partial charge in [-0.25, -0.2) is 4.98 Å². The number of para-hydroxylation sites is 2. The standard InChI is InChI=1S/C18H23N5O/c1-4-23-16-8-6-5-7-15(16)21-18(23)14(3)20-17(24)9-10-22-12-13(2)11-19-22/h5-8,11-12,14H,4,9-10H2,1-3H3,(H,20,24). The van der Waals surface area contributed by atoms with Crippen LogP contribution in [0.4, 0.5) is 0 Å². The number of carbonyl (C=O) groups is 1. The number of nitrogens with one attached hydrogen (secondary N) is 1. The third-order valence-electron chi connectivity index (χ3n) is 4.10. The van der Waals surface area contributed by atoms with Crippen molar-refractivity contribution in [1.29, 1.82) is 0 Å². The average molecular weight is 325 g/mol. The number of hydrogen-bond donors (Lipinski definition) is 1. The highest BCUT2D eigenvalue weighted by molar-refractivity contribution is 5.78. The molecule has 2 heterocycles. The SMILES string of the molecule is CCn1c(C(C)NC(=O)CCn2cc(C)cn2)nc2ccccc21. The smallest absolute Gasteiger partial charge is 0.222 e. The molecule has 0 aliphatic rings. The zero-order valence-electron chi connectivity index (χ0n) is 14.4. The normalized spacial score (nSPS) is 12.5. The first-order chi connectivity index (χ1) is 11.6. The summed E-state index contributed by atoms with van der Waals surface area (Å²) in [5.41, 5.74) is 3.16. The van der Waals surface area contributed by atoms with Gasteiger partial charge in [0.25, 0.3) is 0 Å². The van der Waals surface area contributed by atoms with E-state index in [1.165, 1.54) is 0 Å². The van der Waals surface area contributed by atoms with Crippen LogP contribution in [0, 0.1) is 6.92 Å². The first-order valence-corrected chi connectivity index (χ1v) is 8.32. The molecule has 0 fully saturated rings. The molecule has 0 aliphatic heterocycles. The Morgan fingerprint density at radius 1 is 1.33 bits per heavy atom. The van der Waals surface area contributed by atoms with E-state index in [-0.39, 0.29) is 11.9 Å². The topological polar surface area (TPSA) is 64.7 Å². The van der Waals surface area contributed by atoms with Crippen molar-refractivity contribution in [2.75, 3.05) is 0 Å². The number of benzene rings is 1. The molecule has 1 aromatic carbocycles. The predicted molar refractivity (Wildman–Crippen MR) is 93.5 cm³/mol. The molecule has 1 amide bonds. The van der Waals surface area contributed by atoms with Crippen molar-refractivity contribution >= 4 is 16.9 Å². The number of fused-ring (bicyclic) bond motifs is 1. The lowest BCUT2D eigenvalue weighted by molar-refractivity contribution is -0.122. The minimum Gasteiger partial charge on any atom is -0.346 e. The Morgan fingerprint density at radius 3 is 2.83 bits per heavy atom. The zero-order valence-corrected chi connectivity index (χ0v) is 14.4. The third-order valence-corrected chi connectivity index (χ3v) is 4.10. The van der Waals surface area contributed by atoms with Crippen LogP contribution in [-0.4, -0.2) is 25.2 Å². The van der Waals surface area contributed by atoms with E-state index in [4.69, 9.17) is 0 Å². The Kier molecular flexibility index (Phi) is 4.64. The van der Waals surface area contributed by atoms with Gasteiger partial charge in [0.15, 0.2) is 0 Å². The molecule has 6 nitrogen and oxygen atoms in total. The van der Waals surface area contributed by atoms with E-state index >= 15 is 0 Å². The van der Waals surface area contributed by atoms with E-state index in [1.807, 2.05) is 38.2 Å². The quantitative estimate of drug-likeness (QED) is 0.758. The molecule has 126 valence electrons. The van der Waals surface area contributed by atoms with Crippen LogP contribution in [0.15, 0.2) is 36.7 Å². The predicted octanol–water partition coefficient (Wildman–Crippen LogP) is 2.83. The fraction of sp³-hybridized carbons (Fsp3) is 0.389. The zero-order chi connectivity index (χ0) is 17.1. The van der Waals surface area contributed by atoms with E-state index in [9.17, 15) is 4.79 Å². The minimum atomic E-state index is -0.135. The fourth-order valence-corrected chi connectivity index (χ4v) is 2.94. The number of nitrogens with zero attached hydrogens (tertiary/aromatic N) is 4. The first-order valence-electron chi connectivity index (χ1n) is 8.32. The number of imidazole rings is 1. The van der Waals surface area contributed by atoms with Gasteiger partial charge in [0.2, 0.25) is 5.91 Å². The monoisotopic (exact) mass is 325 g/mol. The van der Waals surface area contributed by atoms with E-state index in [0.29, 0.717) is 13.0 Å². The summed E-state index contributed by atoms with van der Waals surface area (Å²) in [5.74, 6) is 0.896. The van der Waals surface area contributed by atoms with Gasteiger partial charge in [0.05, 0.1) is 23.3 Å². The van der Waals surface area contributed by atoms with Gasteiger partial charge in [-0.3, -0.25) is 9.48 Å². The number of aryl methyl sites for hydroxylation is 3. The Hall–Kier alpha value is -2.63. The lowest BCUT2D eigenvalue weighted by Gasteiger charge is -2.15. The van der Waals surface area contributed by atoms with Crippen molar-refractivity contribution in [2.45, 2.75) is 46.3 Å². The number of aromatic nitrogens is 4. The van der Waals surface area contributed by atoms with Gasteiger partial charge in [-0.05, 0) is 38.5 Å². The van der Waals surface area contributed by atoms with Crippen molar-refractivity contribution in [3.8, 4) is 0 Å². The summed E-state index contributed by atoms with van der Waals surface area (Å²) in [5, 5.41) is 7.25. The molecular formula is C18H23N5O. The number of hydrogen-bond acceptors (Lipinski definition) is 3. The van der Waals surface area contributed by atoms with Gasteiger partial charge in [-0.15, -0.1) is 0 Å². The van der Waals surface area contributed by atoms with E-state index in [1.54, 1.807) is 10.9 Å². The molecule has 0 aliphatic carbocycles. The van der Waals surface area contributed by atoms with Gasteiger partial charge in [-0.2, -0.15) is 5.10 Å². The van der Waals surface area contributed by atoms with E-state index in [2.05, 4.69) is 33.0 Å². The molecule has 24 heavy (non-hydrogen) atoms. The molecule has 0 bridgehead atoms. The van der Waals surface area contributed by atoms with Crippen LogP contribution in [0.3, 0.4) is 0 Å². The second-order valence-electron chi connectivity index (χ2n) is 6.02. The van der Waals surface area contributed by atoms with Gasteiger partial charge in [0, 0.05) is 25.7 Å². The van der Waals surface area contributed by atoms with Gasteiger partial charge < -0.3 is 9.88 Å². The average Bonchev–Trinajstić information content (AvgIpc) is 3.16. The molecule has 0 radical (unpaired) electrons. The van der Waals surface area contributed by atoms with Gasteiger partial charge in [0.1, 0.15) is 5.82 Å². The van der Waals surface area contributed by atoms with Crippen molar-refractivity contribution in [1.82, 2.24) is 24.6 Å².